The average Bonchev–Trinajstić information content (AvgIpc) is 2.84. The summed E-state index contributed by atoms with van der Waals surface area (Å²) in [4.78, 5) is 0. The van der Waals surface area contributed by atoms with E-state index in [-0.39, 0.29) is 6.04 Å². The molecule has 0 aliphatic rings. The normalized spacial score (nSPS) is 12.8. The highest BCUT2D eigenvalue weighted by Crippen LogP contribution is 2.29. The van der Waals surface area contributed by atoms with Gasteiger partial charge in [-0.25, -0.2) is 0 Å². The molecule has 3 rings (SSSR count). The zero-order chi connectivity index (χ0) is 14.3. The van der Waals surface area contributed by atoms with Gasteiger partial charge in [0, 0.05) is 8.96 Å². The maximum atomic E-state index is 6.28. The predicted octanol–water partition coefficient (Wildman–Crippen LogP) is 5.05. The van der Waals surface area contributed by atoms with Gasteiger partial charge < -0.3 is 10.2 Å². The fraction of sp³-hybridized carbons (Fsp3) is 0.125. The van der Waals surface area contributed by atoms with Crippen LogP contribution >= 0.6 is 34.2 Å². The second-order valence-electron chi connectivity index (χ2n) is 4.84. The van der Waals surface area contributed by atoms with Crippen LogP contribution in [-0.4, -0.2) is 0 Å². The molecule has 20 heavy (non-hydrogen) atoms. The molecule has 0 spiro atoms. The number of hydrogen-bond acceptors (Lipinski definition) is 2. The molecule has 3 aromatic rings. The van der Waals surface area contributed by atoms with E-state index in [1.54, 1.807) is 0 Å². The smallest absolute Gasteiger partial charge is 0.134 e. The Morgan fingerprint density at radius 2 is 1.95 bits per heavy atom. The Labute approximate surface area is 136 Å². The van der Waals surface area contributed by atoms with Crippen molar-refractivity contribution < 1.29 is 4.42 Å². The molecule has 0 saturated heterocycles. The number of aryl methyl sites for hydroxylation is 1. The third-order valence-electron chi connectivity index (χ3n) is 3.30. The zero-order valence-corrected chi connectivity index (χ0v) is 13.8. The molecule has 0 bridgehead atoms. The van der Waals surface area contributed by atoms with E-state index in [1.807, 2.05) is 36.4 Å². The Kier molecular flexibility index (Phi) is 3.75. The Morgan fingerprint density at radius 1 is 1.15 bits per heavy atom. The van der Waals surface area contributed by atoms with Crippen LogP contribution in [0.3, 0.4) is 0 Å². The van der Waals surface area contributed by atoms with E-state index in [4.69, 9.17) is 21.8 Å². The maximum absolute atomic E-state index is 6.28. The summed E-state index contributed by atoms with van der Waals surface area (Å²) in [6.45, 7) is 2.06. The molecule has 0 aliphatic carbocycles. The van der Waals surface area contributed by atoms with Crippen molar-refractivity contribution in [3.05, 3.63) is 67.9 Å². The van der Waals surface area contributed by atoms with Crippen LogP contribution in [0.2, 0.25) is 5.02 Å². The van der Waals surface area contributed by atoms with Crippen LogP contribution in [0.4, 0.5) is 0 Å². The molecule has 1 heterocycles. The van der Waals surface area contributed by atoms with E-state index >= 15 is 0 Å². The van der Waals surface area contributed by atoms with Crippen molar-refractivity contribution in [2.24, 2.45) is 5.73 Å². The summed E-state index contributed by atoms with van der Waals surface area (Å²) in [7, 11) is 0. The monoisotopic (exact) mass is 397 g/mol. The van der Waals surface area contributed by atoms with Gasteiger partial charge in [0.2, 0.25) is 0 Å². The van der Waals surface area contributed by atoms with Crippen molar-refractivity contribution >= 4 is 45.2 Å². The van der Waals surface area contributed by atoms with Crippen LogP contribution in [-0.2, 0) is 0 Å². The van der Waals surface area contributed by atoms with E-state index in [1.165, 1.54) is 5.56 Å². The largest absolute Gasteiger partial charge is 0.459 e. The van der Waals surface area contributed by atoms with Gasteiger partial charge in [0.05, 0.1) is 11.1 Å². The molecule has 1 unspecified atom stereocenters. The summed E-state index contributed by atoms with van der Waals surface area (Å²) < 4.78 is 6.85. The molecule has 102 valence electrons. The minimum absolute atomic E-state index is 0.308. The SMILES string of the molecule is Cc1ccc2oc(C(N)c3ccc(I)c(Cl)c3)cc2c1. The first-order valence-corrected chi connectivity index (χ1v) is 7.71. The number of nitrogens with two attached hydrogens (primary N) is 1. The van der Waals surface area contributed by atoms with Gasteiger partial charge in [-0.3, -0.25) is 0 Å². The molecule has 0 amide bonds. The molecular weight excluding hydrogens is 385 g/mol. The number of benzene rings is 2. The van der Waals surface area contributed by atoms with Gasteiger partial charge in [0.25, 0.3) is 0 Å². The Bertz CT molecular complexity index is 781. The molecule has 0 fully saturated rings. The van der Waals surface area contributed by atoms with Gasteiger partial charge in [-0.1, -0.05) is 29.3 Å². The summed E-state index contributed by atoms with van der Waals surface area (Å²) >= 11 is 8.35. The number of halogens is 2. The van der Waals surface area contributed by atoms with Crippen molar-refractivity contribution in [2.45, 2.75) is 13.0 Å². The van der Waals surface area contributed by atoms with Crippen molar-refractivity contribution in [3.8, 4) is 0 Å². The van der Waals surface area contributed by atoms with Gasteiger partial charge in [0.1, 0.15) is 11.3 Å². The summed E-state index contributed by atoms with van der Waals surface area (Å²) in [5, 5.41) is 1.79. The third kappa shape index (κ3) is 2.57. The van der Waals surface area contributed by atoms with Gasteiger partial charge in [0.15, 0.2) is 0 Å². The van der Waals surface area contributed by atoms with E-state index < -0.39 is 0 Å². The molecule has 1 atom stereocenters. The maximum Gasteiger partial charge on any atom is 0.134 e. The van der Waals surface area contributed by atoms with Crippen molar-refractivity contribution in [3.63, 3.8) is 0 Å². The van der Waals surface area contributed by atoms with E-state index in [9.17, 15) is 0 Å². The van der Waals surface area contributed by atoms with Crippen LogP contribution in [0.25, 0.3) is 11.0 Å². The fourth-order valence-electron chi connectivity index (χ4n) is 2.21. The first-order chi connectivity index (χ1) is 9.54. The van der Waals surface area contributed by atoms with Gasteiger partial charge in [-0.2, -0.15) is 0 Å². The van der Waals surface area contributed by atoms with Crippen LogP contribution in [0.5, 0.6) is 0 Å². The minimum Gasteiger partial charge on any atom is -0.459 e. The first-order valence-electron chi connectivity index (χ1n) is 6.25. The molecule has 0 saturated carbocycles. The minimum atomic E-state index is -0.308. The van der Waals surface area contributed by atoms with Crippen LogP contribution in [0.15, 0.2) is 46.9 Å². The molecule has 1 aromatic heterocycles. The van der Waals surface area contributed by atoms with Crippen molar-refractivity contribution in [1.82, 2.24) is 0 Å². The fourth-order valence-corrected chi connectivity index (χ4v) is 2.73. The predicted molar refractivity (Wildman–Crippen MR) is 91.2 cm³/mol. The van der Waals surface area contributed by atoms with Gasteiger partial charge in [-0.15, -0.1) is 0 Å². The van der Waals surface area contributed by atoms with Gasteiger partial charge in [-0.05, 0) is 65.4 Å². The lowest BCUT2D eigenvalue weighted by molar-refractivity contribution is 0.525. The van der Waals surface area contributed by atoms with Crippen molar-refractivity contribution in [2.75, 3.05) is 0 Å². The second-order valence-corrected chi connectivity index (χ2v) is 6.41. The number of fused-ring (bicyclic) bond motifs is 1. The third-order valence-corrected chi connectivity index (χ3v) is 4.87. The number of furan rings is 1. The molecule has 4 heteroatoms. The van der Waals surface area contributed by atoms with E-state index in [0.29, 0.717) is 5.02 Å². The van der Waals surface area contributed by atoms with Crippen LogP contribution < -0.4 is 5.73 Å². The number of rotatable bonds is 2. The Morgan fingerprint density at radius 3 is 2.70 bits per heavy atom. The summed E-state index contributed by atoms with van der Waals surface area (Å²) in [5.74, 6) is 0.753. The summed E-state index contributed by atoms with van der Waals surface area (Å²) in [6.07, 6.45) is 0. The topological polar surface area (TPSA) is 39.2 Å². The number of hydrogen-bond donors (Lipinski definition) is 1. The lowest BCUT2D eigenvalue weighted by atomic mass is 10.1. The lowest BCUT2D eigenvalue weighted by Gasteiger charge is -2.10. The highest BCUT2D eigenvalue weighted by molar-refractivity contribution is 14.1. The summed E-state index contributed by atoms with van der Waals surface area (Å²) in [6, 6.07) is 13.6. The Balaban J connectivity index is 2.02. The second kappa shape index (κ2) is 5.39. The van der Waals surface area contributed by atoms with Crippen LogP contribution in [0, 0.1) is 10.5 Å². The lowest BCUT2D eigenvalue weighted by Crippen LogP contribution is -2.10. The van der Waals surface area contributed by atoms with E-state index in [2.05, 4.69) is 35.6 Å². The molecule has 0 radical (unpaired) electrons. The molecule has 2 nitrogen and oxygen atoms in total. The first kappa shape index (κ1) is 13.9. The van der Waals surface area contributed by atoms with Gasteiger partial charge >= 0.3 is 0 Å². The molecule has 2 N–H and O–H groups in total. The molecule has 2 aromatic carbocycles. The molecular formula is C16H13ClINO. The van der Waals surface area contributed by atoms with Crippen LogP contribution in [0.1, 0.15) is 22.9 Å². The summed E-state index contributed by atoms with van der Waals surface area (Å²) in [5.41, 5.74) is 9.30. The van der Waals surface area contributed by atoms with Crippen molar-refractivity contribution in [1.29, 1.82) is 0 Å². The zero-order valence-electron chi connectivity index (χ0n) is 10.9. The quantitative estimate of drug-likeness (QED) is 0.615. The highest BCUT2D eigenvalue weighted by Gasteiger charge is 2.15. The molecule has 0 aliphatic heterocycles. The average molecular weight is 398 g/mol. The highest BCUT2D eigenvalue weighted by atomic mass is 127. The van der Waals surface area contributed by atoms with E-state index in [0.717, 1.165) is 25.9 Å². The Hall–Kier alpha value is -1.04. The standard InChI is InChI=1S/C16H13ClINO/c1-9-2-5-14-11(6-9)8-15(20-14)16(19)10-3-4-13(18)12(17)7-10/h2-8,16H,19H2,1H3.